The fourth-order valence-corrected chi connectivity index (χ4v) is 4.53. The Morgan fingerprint density at radius 1 is 1.21 bits per heavy atom. The maximum absolute atomic E-state index is 12.9. The van der Waals surface area contributed by atoms with Gasteiger partial charge in [0, 0.05) is 18.0 Å². The molecule has 2 N–H and O–H groups in total. The molecule has 4 rings (SSSR count). The minimum absolute atomic E-state index is 0. The van der Waals surface area contributed by atoms with Crippen LogP contribution in [0.15, 0.2) is 39.4 Å². The van der Waals surface area contributed by atoms with E-state index in [0.29, 0.717) is 10.9 Å². The number of azo groups is 1. The number of fused-ring (bicyclic) bond motifs is 2. The normalized spacial score (nSPS) is 14.3. The van der Waals surface area contributed by atoms with Gasteiger partial charge in [0.2, 0.25) is 11.8 Å². The van der Waals surface area contributed by atoms with Gasteiger partial charge in [0.1, 0.15) is 15.8 Å². The predicted molar refractivity (Wildman–Crippen MR) is 114 cm³/mol. The van der Waals surface area contributed by atoms with Crippen molar-refractivity contribution in [2.24, 2.45) is 10.2 Å². The first-order valence-electron chi connectivity index (χ1n) is 9.14. The second kappa shape index (κ2) is 10.3. The monoisotopic (exact) mass is 519 g/mol. The number of carbonyl (C=O) groups excluding carboxylic acids is 2. The van der Waals surface area contributed by atoms with E-state index in [2.05, 4.69) is 25.2 Å². The van der Waals surface area contributed by atoms with Crippen LogP contribution in [0.5, 0.6) is 5.75 Å². The summed E-state index contributed by atoms with van der Waals surface area (Å²) >= 11 is 0.927. The van der Waals surface area contributed by atoms with E-state index in [1.54, 1.807) is 13.8 Å². The van der Waals surface area contributed by atoms with Crippen molar-refractivity contribution >= 4 is 66.4 Å². The molecule has 15 heteroatoms. The van der Waals surface area contributed by atoms with Crippen LogP contribution in [0.1, 0.15) is 26.3 Å². The molecule has 0 aliphatic carbocycles. The van der Waals surface area contributed by atoms with E-state index in [0.717, 1.165) is 23.7 Å². The number of amides is 2. The zero-order valence-electron chi connectivity index (χ0n) is 18.9. The van der Waals surface area contributed by atoms with Crippen LogP contribution in [-0.4, -0.2) is 29.2 Å². The molecule has 0 atom stereocenters. The van der Waals surface area contributed by atoms with Crippen LogP contribution >= 0.6 is 11.5 Å². The van der Waals surface area contributed by atoms with E-state index in [4.69, 9.17) is 0 Å². The average molecular weight is 519 g/mol. The van der Waals surface area contributed by atoms with Crippen LogP contribution < -0.4 is 74.9 Å². The molecule has 2 amide bonds. The predicted octanol–water partition coefficient (Wildman–Crippen LogP) is -3.11. The molecule has 0 unspecified atom stereocenters. The summed E-state index contributed by atoms with van der Waals surface area (Å²) in [6.45, 7) is 4.40. The smallest absolute Gasteiger partial charge is 0.871 e. The van der Waals surface area contributed by atoms with Crippen molar-refractivity contribution in [3.05, 3.63) is 29.8 Å². The number of aromatic nitrogens is 1. The maximum atomic E-state index is 12.9. The van der Waals surface area contributed by atoms with Gasteiger partial charge in [-0.25, -0.2) is 8.42 Å². The quantitative estimate of drug-likeness (QED) is 0.208. The molecule has 11 nitrogen and oxygen atoms in total. The van der Waals surface area contributed by atoms with E-state index < -0.39 is 38.0 Å². The summed E-state index contributed by atoms with van der Waals surface area (Å²) in [7, 11) is -4.67. The number of carbonyl (C=O) groups is 2. The minimum atomic E-state index is -4.67. The number of hydrogen-bond donors (Lipinski definition) is 2. The molecule has 166 valence electrons. The molecule has 0 bridgehead atoms. The van der Waals surface area contributed by atoms with Gasteiger partial charge in [-0.05, 0) is 55.2 Å². The fourth-order valence-electron chi connectivity index (χ4n) is 3.35. The van der Waals surface area contributed by atoms with E-state index in [1.807, 2.05) is 0 Å². The standard InChI is InChI=1S/C19H17N5O6S2.2Na/c1-8(25)20-13-7-12(15-14(16(13)26)19(2,3)18(27)21-15)22-23-17-10-6-9(32(28,29)30)4-5-11(10)24-31-17;;/h4-7,26H,1-3H3,(H,20,25)(H,21,27)(H,28,29,30);;/q;2*+1/p-2. The zero-order chi connectivity index (χ0) is 23.4. The number of nitrogens with one attached hydrogen (secondary N) is 2. The van der Waals surface area contributed by atoms with Crippen molar-refractivity contribution in [1.29, 1.82) is 0 Å². The second-order valence-electron chi connectivity index (χ2n) is 7.60. The molecule has 0 saturated carbocycles. The van der Waals surface area contributed by atoms with Crippen LogP contribution in [0.25, 0.3) is 10.9 Å². The van der Waals surface area contributed by atoms with Crippen LogP contribution in [0, 0.1) is 0 Å². The Morgan fingerprint density at radius 3 is 2.50 bits per heavy atom. The number of benzene rings is 2. The first-order chi connectivity index (χ1) is 14.9. The van der Waals surface area contributed by atoms with E-state index in [9.17, 15) is 27.7 Å². The van der Waals surface area contributed by atoms with Crippen molar-refractivity contribution in [2.75, 3.05) is 10.6 Å². The van der Waals surface area contributed by atoms with Crippen molar-refractivity contribution in [3.8, 4) is 5.75 Å². The Morgan fingerprint density at radius 2 is 1.88 bits per heavy atom. The third-order valence-electron chi connectivity index (χ3n) is 4.97. The second-order valence-corrected chi connectivity index (χ2v) is 9.73. The van der Waals surface area contributed by atoms with E-state index in [-0.39, 0.29) is 86.7 Å². The molecule has 1 aliphatic rings. The number of anilines is 2. The molecule has 0 spiro atoms. The average Bonchev–Trinajstić information content (AvgIpc) is 3.20. The van der Waals surface area contributed by atoms with Crippen LogP contribution in [-0.2, 0) is 25.1 Å². The topological polar surface area (TPSA) is 176 Å². The van der Waals surface area contributed by atoms with Gasteiger partial charge in [0.15, 0.2) is 5.00 Å². The van der Waals surface area contributed by atoms with Crippen molar-refractivity contribution in [2.45, 2.75) is 31.1 Å². The zero-order valence-corrected chi connectivity index (χ0v) is 24.6. The molecule has 1 aliphatic heterocycles. The molecule has 34 heavy (non-hydrogen) atoms. The third kappa shape index (κ3) is 5.22. The van der Waals surface area contributed by atoms with Crippen molar-refractivity contribution in [3.63, 3.8) is 0 Å². The van der Waals surface area contributed by atoms with Gasteiger partial charge in [-0.3, -0.25) is 9.59 Å². The van der Waals surface area contributed by atoms with Crippen LogP contribution in [0.4, 0.5) is 22.1 Å². The SMILES string of the molecule is CC(=O)Nc1cc(N=Nc2snc3ccc(S(=O)(=O)[O-])cc23)c2c(c1[O-])C(C)(C)C(=O)N2.[Na+].[Na+]. The Kier molecular flexibility index (Phi) is 8.72. The van der Waals surface area contributed by atoms with Crippen LogP contribution in [0.3, 0.4) is 0 Å². The summed E-state index contributed by atoms with van der Waals surface area (Å²) in [5.74, 6) is -1.39. The minimum Gasteiger partial charge on any atom is -0.871 e. The largest absolute Gasteiger partial charge is 1.00 e. The van der Waals surface area contributed by atoms with E-state index >= 15 is 0 Å². The molecule has 0 radical (unpaired) electrons. The molecule has 2 heterocycles. The van der Waals surface area contributed by atoms with Gasteiger partial charge in [-0.2, -0.15) is 4.37 Å². The van der Waals surface area contributed by atoms with Crippen molar-refractivity contribution in [1.82, 2.24) is 4.37 Å². The summed E-state index contributed by atoms with van der Waals surface area (Å²) in [5.41, 5.74) is -0.333. The number of nitrogens with zero attached hydrogens (tertiary/aromatic N) is 3. The number of hydrogen-bond acceptors (Lipinski definition) is 10. The Balaban J connectivity index is 0.00000204. The van der Waals surface area contributed by atoms with E-state index in [1.165, 1.54) is 19.1 Å². The van der Waals surface area contributed by atoms with Gasteiger partial charge in [0.05, 0.1) is 21.5 Å². The van der Waals surface area contributed by atoms with Gasteiger partial charge in [-0.15, -0.1) is 10.2 Å². The van der Waals surface area contributed by atoms with Crippen LogP contribution in [0.2, 0.25) is 0 Å². The molecule has 0 saturated heterocycles. The first-order valence-corrected chi connectivity index (χ1v) is 11.3. The fraction of sp³-hybridized carbons (Fsp3) is 0.211. The molecular formula is C19H15N5Na2O6S2. The van der Waals surface area contributed by atoms with Gasteiger partial charge in [0.25, 0.3) is 0 Å². The molecule has 1 aromatic heterocycles. The summed E-state index contributed by atoms with van der Waals surface area (Å²) in [6, 6.07) is 5.00. The van der Waals surface area contributed by atoms with Crippen molar-refractivity contribution < 1.29 is 86.8 Å². The summed E-state index contributed by atoms with van der Waals surface area (Å²) in [6.07, 6.45) is 0. The van der Waals surface area contributed by atoms with Gasteiger partial charge < -0.3 is 20.3 Å². The first kappa shape index (κ1) is 28.8. The molecule has 3 aromatic rings. The van der Waals surface area contributed by atoms with Gasteiger partial charge >= 0.3 is 59.1 Å². The number of rotatable bonds is 4. The summed E-state index contributed by atoms with van der Waals surface area (Å²) in [4.78, 5) is 23.5. The molecule has 2 aromatic carbocycles. The summed E-state index contributed by atoms with van der Waals surface area (Å²) in [5, 5.41) is 26.7. The summed E-state index contributed by atoms with van der Waals surface area (Å²) < 4.78 is 38.2. The Bertz CT molecular complexity index is 1450. The molecule has 0 fully saturated rings. The maximum Gasteiger partial charge on any atom is 1.00 e. The Hall–Kier alpha value is -1.42. The molecular weight excluding hydrogens is 504 g/mol. The van der Waals surface area contributed by atoms with Gasteiger partial charge in [-0.1, -0.05) is 5.75 Å². The Labute approximate surface area is 242 Å². The third-order valence-corrected chi connectivity index (χ3v) is 6.56.